The van der Waals surface area contributed by atoms with Gasteiger partial charge in [0, 0.05) is 5.56 Å². The SMILES string of the molecule is COC(=O)c1ccccc1S(=O)(=O)NNC(=NS(=O)(=O)c1ccccc1-c1ccccc1)Nc1nc(C)nc(OC)n1. The second-order valence-electron chi connectivity index (χ2n) is 8.31. The zero-order chi connectivity index (χ0) is 30.3. The number of esters is 1. The van der Waals surface area contributed by atoms with Gasteiger partial charge >= 0.3 is 12.0 Å². The lowest BCUT2D eigenvalue weighted by atomic mass is 10.1. The molecule has 4 aromatic rings. The molecule has 3 aromatic carbocycles. The summed E-state index contributed by atoms with van der Waals surface area (Å²) in [6, 6.07) is 20.2. The number of sulfonamides is 2. The summed E-state index contributed by atoms with van der Waals surface area (Å²) in [6.45, 7) is 1.54. The van der Waals surface area contributed by atoms with Crippen molar-refractivity contribution in [3.05, 3.63) is 90.3 Å². The number of anilines is 1. The van der Waals surface area contributed by atoms with Crippen molar-refractivity contribution in [1.82, 2.24) is 25.2 Å². The van der Waals surface area contributed by atoms with Gasteiger partial charge in [-0.05, 0) is 30.7 Å². The Morgan fingerprint density at radius 2 is 1.45 bits per heavy atom. The number of ether oxygens (including phenoxy) is 2. The van der Waals surface area contributed by atoms with Crippen molar-refractivity contribution in [2.45, 2.75) is 16.7 Å². The average molecular weight is 612 g/mol. The Morgan fingerprint density at radius 1 is 0.810 bits per heavy atom. The van der Waals surface area contributed by atoms with Gasteiger partial charge in [-0.3, -0.25) is 10.7 Å². The Bertz CT molecular complexity index is 1850. The summed E-state index contributed by atoms with van der Waals surface area (Å²) in [5, 5.41) is 2.55. The first-order chi connectivity index (χ1) is 20.0. The summed E-state index contributed by atoms with van der Waals surface area (Å²) in [4.78, 5) is 25.7. The molecule has 0 radical (unpaired) electrons. The van der Waals surface area contributed by atoms with E-state index < -0.39 is 36.9 Å². The zero-order valence-corrected chi connectivity index (χ0v) is 24.1. The van der Waals surface area contributed by atoms with Crippen LogP contribution in [0.25, 0.3) is 11.1 Å². The van der Waals surface area contributed by atoms with Gasteiger partial charge in [-0.2, -0.15) is 23.4 Å². The first kappa shape index (κ1) is 30.0. The van der Waals surface area contributed by atoms with Crippen molar-refractivity contribution in [3.8, 4) is 17.1 Å². The summed E-state index contributed by atoms with van der Waals surface area (Å²) in [5.41, 5.74) is 3.00. The highest BCUT2D eigenvalue weighted by molar-refractivity contribution is 7.90. The van der Waals surface area contributed by atoms with Gasteiger partial charge in [-0.15, -0.1) is 9.23 Å². The number of benzene rings is 3. The number of nitrogens with one attached hydrogen (secondary N) is 3. The van der Waals surface area contributed by atoms with E-state index in [1.54, 1.807) is 49.4 Å². The standard InChI is InChI=1S/C26H25N7O7S2/c1-17-27-24(30-26(28-17)40-3)29-25(31-33-42(37,38)22-16-10-8-14-20(22)23(34)39-2)32-41(35,36)21-15-9-7-13-19(21)18-11-5-4-6-12-18/h4-16,33H,1-3H3,(H2,27,28,29,30,31,32). The fraction of sp³-hybridized carbons (Fsp3) is 0.115. The van der Waals surface area contributed by atoms with Gasteiger partial charge in [0.05, 0.1) is 29.6 Å². The molecule has 0 amide bonds. The van der Waals surface area contributed by atoms with Crippen LogP contribution in [0.15, 0.2) is 93.1 Å². The van der Waals surface area contributed by atoms with Crippen LogP contribution < -0.4 is 20.3 Å². The maximum Gasteiger partial charge on any atom is 0.339 e. The van der Waals surface area contributed by atoms with E-state index in [4.69, 9.17) is 4.74 Å². The molecule has 0 aliphatic heterocycles. The van der Waals surface area contributed by atoms with Gasteiger partial charge in [0.15, 0.2) is 0 Å². The van der Waals surface area contributed by atoms with Crippen LogP contribution in [-0.2, 0) is 24.8 Å². The van der Waals surface area contributed by atoms with Crippen LogP contribution in [0.5, 0.6) is 6.01 Å². The van der Waals surface area contributed by atoms with Crippen molar-refractivity contribution in [2.24, 2.45) is 4.40 Å². The number of nitrogens with zero attached hydrogens (tertiary/aromatic N) is 4. The second-order valence-corrected chi connectivity index (χ2v) is 11.5. The fourth-order valence-corrected chi connectivity index (χ4v) is 5.84. The average Bonchev–Trinajstić information content (AvgIpc) is 2.99. The highest BCUT2D eigenvalue weighted by Crippen LogP contribution is 2.28. The summed E-state index contributed by atoms with van der Waals surface area (Å²) in [5.74, 6) is -1.50. The number of methoxy groups -OCH3 is 2. The third kappa shape index (κ3) is 7.03. The van der Waals surface area contributed by atoms with E-state index in [1.165, 1.54) is 43.5 Å². The predicted octanol–water partition coefficient (Wildman–Crippen LogP) is 2.28. The Labute approximate surface area is 242 Å². The molecular weight excluding hydrogens is 586 g/mol. The van der Waals surface area contributed by atoms with E-state index in [-0.39, 0.29) is 28.2 Å². The lowest BCUT2D eigenvalue weighted by molar-refractivity contribution is 0.0596. The third-order valence-corrected chi connectivity index (χ3v) is 8.13. The number of guanidine groups is 1. The summed E-state index contributed by atoms with van der Waals surface area (Å²) in [7, 11) is -6.54. The summed E-state index contributed by atoms with van der Waals surface area (Å²) in [6.07, 6.45) is 0. The summed E-state index contributed by atoms with van der Waals surface area (Å²) >= 11 is 0. The molecule has 0 saturated heterocycles. The number of rotatable bonds is 9. The Hall–Kier alpha value is -4.93. The van der Waals surface area contributed by atoms with Crippen LogP contribution in [0.2, 0.25) is 0 Å². The normalized spacial score (nSPS) is 11.9. The second kappa shape index (κ2) is 12.7. The van der Waals surface area contributed by atoms with Crippen LogP contribution in [0.3, 0.4) is 0 Å². The topological polar surface area (TPSA) is 191 Å². The maximum absolute atomic E-state index is 13.6. The molecule has 0 bridgehead atoms. The van der Waals surface area contributed by atoms with Crippen molar-refractivity contribution in [1.29, 1.82) is 0 Å². The van der Waals surface area contributed by atoms with Crippen LogP contribution in [-0.4, -0.2) is 57.9 Å². The Morgan fingerprint density at radius 3 is 2.14 bits per heavy atom. The van der Waals surface area contributed by atoms with Crippen molar-refractivity contribution < 1.29 is 31.1 Å². The Kier molecular flexibility index (Phi) is 9.09. The molecule has 1 aromatic heterocycles. The molecular formula is C26H25N7O7S2. The molecule has 0 unspecified atom stereocenters. The number of hydrogen-bond donors (Lipinski definition) is 3. The number of carbonyl (C=O) groups excluding carboxylic acids is 1. The minimum absolute atomic E-state index is 0.0887. The quantitative estimate of drug-likeness (QED) is 0.108. The van der Waals surface area contributed by atoms with Gasteiger partial charge in [0.25, 0.3) is 20.0 Å². The zero-order valence-electron chi connectivity index (χ0n) is 22.5. The van der Waals surface area contributed by atoms with E-state index in [1.807, 2.05) is 4.83 Å². The molecule has 0 aliphatic rings. The first-order valence-electron chi connectivity index (χ1n) is 12.0. The first-order valence-corrected chi connectivity index (χ1v) is 14.9. The van der Waals surface area contributed by atoms with Crippen LogP contribution in [0, 0.1) is 6.92 Å². The van der Waals surface area contributed by atoms with Crippen LogP contribution in [0.1, 0.15) is 16.2 Å². The lowest BCUT2D eigenvalue weighted by Crippen LogP contribution is -2.45. The van der Waals surface area contributed by atoms with Gasteiger partial charge in [0.2, 0.25) is 11.9 Å². The van der Waals surface area contributed by atoms with Gasteiger partial charge in [-0.25, -0.2) is 13.2 Å². The molecule has 0 atom stereocenters. The fourth-order valence-electron chi connectivity index (χ4n) is 3.65. The molecule has 0 fully saturated rings. The van der Waals surface area contributed by atoms with Gasteiger partial charge < -0.3 is 9.47 Å². The molecule has 0 aliphatic carbocycles. The molecule has 1 heterocycles. The minimum atomic E-state index is -4.49. The summed E-state index contributed by atoms with van der Waals surface area (Å²) < 4.78 is 67.1. The number of aryl methyl sites for hydroxylation is 1. The van der Waals surface area contributed by atoms with Crippen LogP contribution in [0.4, 0.5) is 5.95 Å². The van der Waals surface area contributed by atoms with Crippen LogP contribution >= 0.6 is 0 Å². The van der Waals surface area contributed by atoms with E-state index in [0.29, 0.717) is 11.1 Å². The number of carbonyl (C=O) groups is 1. The van der Waals surface area contributed by atoms with Gasteiger partial charge in [-0.1, -0.05) is 60.7 Å². The lowest BCUT2D eigenvalue weighted by Gasteiger charge is -2.15. The highest BCUT2D eigenvalue weighted by atomic mass is 32.2. The predicted molar refractivity (Wildman–Crippen MR) is 152 cm³/mol. The molecule has 4 rings (SSSR count). The van der Waals surface area contributed by atoms with E-state index in [0.717, 1.165) is 7.11 Å². The molecule has 14 nitrogen and oxygen atoms in total. The van der Waals surface area contributed by atoms with E-state index >= 15 is 0 Å². The highest BCUT2D eigenvalue weighted by Gasteiger charge is 2.25. The van der Waals surface area contributed by atoms with Crippen molar-refractivity contribution >= 4 is 37.9 Å². The smallest absolute Gasteiger partial charge is 0.339 e. The van der Waals surface area contributed by atoms with E-state index in [9.17, 15) is 21.6 Å². The minimum Gasteiger partial charge on any atom is -0.467 e. The largest absolute Gasteiger partial charge is 0.467 e. The van der Waals surface area contributed by atoms with Gasteiger partial charge in [0.1, 0.15) is 5.82 Å². The maximum atomic E-state index is 13.6. The molecule has 0 saturated carbocycles. The van der Waals surface area contributed by atoms with Crippen molar-refractivity contribution in [3.63, 3.8) is 0 Å². The molecule has 218 valence electrons. The molecule has 0 spiro atoms. The Balaban J connectivity index is 1.76. The van der Waals surface area contributed by atoms with Crippen molar-refractivity contribution in [2.75, 3.05) is 19.5 Å². The van der Waals surface area contributed by atoms with E-state index in [2.05, 4.69) is 34.8 Å². The molecule has 3 N–H and O–H groups in total. The molecule has 16 heteroatoms. The third-order valence-electron chi connectivity index (χ3n) is 5.49. The number of hydrogen-bond acceptors (Lipinski definition) is 10. The monoisotopic (exact) mass is 611 g/mol. The molecule has 42 heavy (non-hydrogen) atoms. The number of aromatic nitrogens is 3. The number of hydrazine groups is 1.